The van der Waals surface area contributed by atoms with Crippen molar-refractivity contribution in [3.05, 3.63) is 11.5 Å². The van der Waals surface area contributed by atoms with E-state index in [0.717, 1.165) is 48.0 Å². The maximum atomic E-state index is 6.31. The number of nitrogens with zero attached hydrogens (tertiary/aromatic N) is 4. The van der Waals surface area contributed by atoms with Crippen molar-refractivity contribution >= 4 is 22.8 Å². The molecule has 4 nitrogen and oxygen atoms in total. The second-order valence-corrected chi connectivity index (χ2v) is 6.29. The Morgan fingerprint density at radius 1 is 1.42 bits per heavy atom. The SMILES string of the molecule is CCCc1nn(C)c2c1nc(C(C)Cl)n2CC1CC1. The van der Waals surface area contributed by atoms with Gasteiger partial charge < -0.3 is 4.57 Å². The first kappa shape index (κ1) is 13.0. The summed E-state index contributed by atoms with van der Waals surface area (Å²) in [4.78, 5) is 4.78. The first-order valence-electron chi connectivity index (χ1n) is 7.17. The van der Waals surface area contributed by atoms with Crippen LogP contribution in [0.25, 0.3) is 11.2 Å². The van der Waals surface area contributed by atoms with Crippen LogP contribution < -0.4 is 0 Å². The van der Waals surface area contributed by atoms with Crippen LogP contribution in [0.5, 0.6) is 0 Å². The lowest BCUT2D eigenvalue weighted by atomic mass is 10.2. The molecule has 0 spiro atoms. The molecule has 1 aliphatic rings. The van der Waals surface area contributed by atoms with E-state index in [1.807, 2.05) is 18.7 Å². The fourth-order valence-electron chi connectivity index (χ4n) is 2.71. The Kier molecular flexibility index (Phi) is 3.29. The first-order chi connectivity index (χ1) is 9.11. The summed E-state index contributed by atoms with van der Waals surface area (Å²) in [6.07, 6.45) is 4.73. The maximum absolute atomic E-state index is 6.31. The smallest absolute Gasteiger partial charge is 0.158 e. The average molecular weight is 281 g/mol. The average Bonchev–Trinajstić information content (AvgIpc) is 2.99. The molecule has 19 heavy (non-hydrogen) atoms. The van der Waals surface area contributed by atoms with Gasteiger partial charge in [-0.1, -0.05) is 13.3 Å². The van der Waals surface area contributed by atoms with E-state index in [1.165, 1.54) is 12.8 Å². The van der Waals surface area contributed by atoms with Gasteiger partial charge in [0.05, 0.1) is 11.1 Å². The Morgan fingerprint density at radius 3 is 2.74 bits per heavy atom. The molecule has 104 valence electrons. The van der Waals surface area contributed by atoms with Crippen LogP contribution in [0.4, 0.5) is 0 Å². The second-order valence-electron chi connectivity index (χ2n) is 5.63. The third-order valence-corrected chi connectivity index (χ3v) is 4.00. The van der Waals surface area contributed by atoms with Crippen molar-refractivity contribution in [2.24, 2.45) is 13.0 Å². The van der Waals surface area contributed by atoms with Crippen molar-refractivity contribution in [2.45, 2.75) is 51.5 Å². The van der Waals surface area contributed by atoms with Gasteiger partial charge in [-0.15, -0.1) is 11.6 Å². The van der Waals surface area contributed by atoms with Crippen LogP contribution in [-0.4, -0.2) is 19.3 Å². The summed E-state index contributed by atoms with van der Waals surface area (Å²) in [5, 5.41) is 4.56. The lowest BCUT2D eigenvalue weighted by molar-refractivity contribution is 0.590. The van der Waals surface area contributed by atoms with Crippen molar-refractivity contribution in [1.29, 1.82) is 0 Å². The number of fused-ring (bicyclic) bond motifs is 1. The summed E-state index contributed by atoms with van der Waals surface area (Å²) in [7, 11) is 2.01. The van der Waals surface area contributed by atoms with Crippen molar-refractivity contribution in [3.63, 3.8) is 0 Å². The largest absolute Gasteiger partial charge is 0.311 e. The van der Waals surface area contributed by atoms with Gasteiger partial charge >= 0.3 is 0 Å². The number of aryl methyl sites for hydroxylation is 2. The summed E-state index contributed by atoms with van der Waals surface area (Å²) in [6.45, 7) is 5.21. The quantitative estimate of drug-likeness (QED) is 0.787. The normalized spacial score (nSPS) is 17.3. The molecule has 5 heteroatoms. The number of hydrogen-bond acceptors (Lipinski definition) is 2. The lowest BCUT2D eigenvalue weighted by Crippen LogP contribution is -2.09. The van der Waals surface area contributed by atoms with E-state index >= 15 is 0 Å². The molecule has 1 unspecified atom stereocenters. The standard InChI is InChI=1S/C14H21ClN4/c1-4-5-11-12-14(18(3)17-11)19(8-10-6-7-10)13(16-12)9(2)15/h9-10H,4-8H2,1-3H3. The molecule has 0 radical (unpaired) electrons. The van der Waals surface area contributed by atoms with Crippen LogP contribution in [0.3, 0.4) is 0 Å². The highest BCUT2D eigenvalue weighted by Gasteiger charge is 2.27. The molecular formula is C14H21ClN4. The van der Waals surface area contributed by atoms with Gasteiger partial charge in [-0.3, -0.25) is 4.68 Å². The number of hydrogen-bond donors (Lipinski definition) is 0. The zero-order chi connectivity index (χ0) is 13.6. The predicted molar refractivity (Wildman–Crippen MR) is 77.5 cm³/mol. The van der Waals surface area contributed by atoms with Gasteiger partial charge in [0.2, 0.25) is 0 Å². The predicted octanol–water partition coefficient (Wildman–Crippen LogP) is 3.43. The minimum Gasteiger partial charge on any atom is -0.311 e. The van der Waals surface area contributed by atoms with Crippen molar-refractivity contribution in [3.8, 4) is 0 Å². The third kappa shape index (κ3) is 2.27. The summed E-state index contributed by atoms with van der Waals surface area (Å²) < 4.78 is 4.26. The molecule has 1 aliphatic carbocycles. The van der Waals surface area contributed by atoms with Crippen molar-refractivity contribution < 1.29 is 0 Å². The van der Waals surface area contributed by atoms with E-state index in [9.17, 15) is 0 Å². The number of alkyl halides is 1. The van der Waals surface area contributed by atoms with Gasteiger partial charge in [-0.05, 0) is 32.1 Å². The molecule has 0 aliphatic heterocycles. The Hall–Kier alpha value is -1.03. The molecule has 1 atom stereocenters. The molecule has 1 fully saturated rings. The number of halogens is 1. The van der Waals surface area contributed by atoms with Crippen LogP contribution in [0.2, 0.25) is 0 Å². The van der Waals surface area contributed by atoms with Crippen LogP contribution in [0.15, 0.2) is 0 Å². The summed E-state index contributed by atoms with van der Waals surface area (Å²) >= 11 is 6.31. The molecule has 2 aromatic rings. The Morgan fingerprint density at radius 2 is 2.16 bits per heavy atom. The fraction of sp³-hybridized carbons (Fsp3) is 0.714. The number of rotatable bonds is 5. The fourth-order valence-corrected chi connectivity index (χ4v) is 2.87. The lowest BCUT2D eigenvalue weighted by Gasteiger charge is -2.10. The van der Waals surface area contributed by atoms with Gasteiger partial charge in [0.15, 0.2) is 5.65 Å². The number of aromatic nitrogens is 4. The van der Waals surface area contributed by atoms with E-state index in [1.54, 1.807) is 0 Å². The van der Waals surface area contributed by atoms with Gasteiger partial charge in [-0.25, -0.2) is 4.98 Å². The zero-order valence-electron chi connectivity index (χ0n) is 11.9. The van der Waals surface area contributed by atoms with Crippen LogP contribution in [0.1, 0.15) is 50.0 Å². The zero-order valence-corrected chi connectivity index (χ0v) is 12.6. The Labute approximate surface area is 118 Å². The minimum absolute atomic E-state index is 0.0550. The third-order valence-electron chi connectivity index (χ3n) is 3.80. The van der Waals surface area contributed by atoms with Crippen LogP contribution in [-0.2, 0) is 20.0 Å². The van der Waals surface area contributed by atoms with E-state index in [2.05, 4.69) is 16.6 Å². The highest BCUT2D eigenvalue weighted by atomic mass is 35.5. The molecule has 0 saturated heterocycles. The molecule has 3 rings (SSSR count). The van der Waals surface area contributed by atoms with E-state index in [-0.39, 0.29) is 5.38 Å². The van der Waals surface area contributed by atoms with Crippen LogP contribution >= 0.6 is 11.6 Å². The molecule has 0 amide bonds. The molecular weight excluding hydrogens is 260 g/mol. The highest BCUT2D eigenvalue weighted by molar-refractivity contribution is 6.20. The van der Waals surface area contributed by atoms with Crippen molar-refractivity contribution in [1.82, 2.24) is 19.3 Å². The van der Waals surface area contributed by atoms with Gasteiger partial charge in [0.25, 0.3) is 0 Å². The molecule has 1 saturated carbocycles. The highest BCUT2D eigenvalue weighted by Crippen LogP contribution is 2.34. The summed E-state index contributed by atoms with van der Waals surface area (Å²) in [5.74, 6) is 1.80. The Balaban J connectivity index is 2.14. The minimum atomic E-state index is -0.0550. The maximum Gasteiger partial charge on any atom is 0.158 e. The molecule has 0 aromatic carbocycles. The molecule has 0 bridgehead atoms. The molecule has 2 heterocycles. The summed E-state index contributed by atoms with van der Waals surface area (Å²) in [6, 6.07) is 0. The van der Waals surface area contributed by atoms with E-state index in [4.69, 9.17) is 16.6 Å². The van der Waals surface area contributed by atoms with Gasteiger partial charge in [-0.2, -0.15) is 5.10 Å². The number of imidazole rings is 1. The second kappa shape index (κ2) is 4.82. The topological polar surface area (TPSA) is 35.6 Å². The van der Waals surface area contributed by atoms with Crippen LogP contribution in [0, 0.1) is 5.92 Å². The molecule has 2 aromatic heterocycles. The van der Waals surface area contributed by atoms with E-state index in [0.29, 0.717) is 0 Å². The van der Waals surface area contributed by atoms with Gasteiger partial charge in [0, 0.05) is 13.6 Å². The Bertz CT molecular complexity index is 592. The van der Waals surface area contributed by atoms with Crippen molar-refractivity contribution in [2.75, 3.05) is 0 Å². The first-order valence-corrected chi connectivity index (χ1v) is 7.61. The van der Waals surface area contributed by atoms with E-state index < -0.39 is 0 Å². The monoisotopic (exact) mass is 280 g/mol. The summed E-state index contributed by atoms with van der Waals surface area (Å²) in [5.41, 5.74) is 3.29. The van der Waals surface area contributed by atoms with Gasteiger partial charge in [0.1, 0.15) is 11.3 Å². The molecule has 0 N–H and O–H groups in total.